The first-order valence-electron chi connectivity index (χ1n) is 23.0. The highest BCUT2D eigenvalue weighted by Crippen LogP contribution is 2.56. The van der Waals surface area contributed by atoms with Gasteiger partial charge >= 0.3 is 0 Å². The first-order chi connectivity index (χ1) is 32.3. The first kappa shape index (κ1) is 38.4. The minimum Gasteiger partial charge on any atom is -0.310 e. The van der Waals surface area contributed by atoms with Crippen LogP contribution in [0.2, 0.25) is 0 Å². The molecule has 66 heavy (non-hydrogen) atoms. The van der Waals surface area contributed by atoms with Gasteiger partial charge < -0.3 is 9.80 Å². The van der Waals surface area contributed by atoms with Gasteiger partial charge in [-0.1, -0.05) is 161 Å². The number of rotatable bonds is 4. The molecular formula is C62H46N4. The number of aromatic nitrogens is 2. The van der Waals surface area contributed by atoms with Crippen LogP contribution in [0.3, 0.4) is 0 Å². The lowest BCUT2D eigenvalue weighted by molar-refractivity contribution is 0.632. The van der Waals surface area contributed by atoms with Crippen LogP contribution >= 0.6 is 0 Å². The monoisotopic (exact) mass is 846 g/mol. The second-order valence-corrected chi connectivity index (χ2v) is 19.0. The van der Waals surface area contributed by atoms with Crippen molar-refractivity contribution in [2.24, 2.45) is 0 Å². The lowest BCUT2D eigenvalue weighted by atomic mass is 9.73. The molecule has 0 saturated carbocycles. The van der Waals surface area contributed by atoms with Crippen molar-refractivity contribution in [2.75, 3.05) is 9.80 Å². The van der Waals surface area contributed by atoms with E-state index in [0.717, 1.165) is 77.0 Å². The zero-order chi connectivity index (χ0) is 44.3. The van der Waals surface area contributed by atoms with Gasteiger partial charge in [-0.25, -0.2) is 0 Å². The number of anilines is 6. The molecule has 13 rings (SSSR count). The van der Waals surface area contributed by atoms with Crippen LogP contribution in [0, 0.1) is 0 Å². The molecule has 2 aliphatic rings. The Kier molecular flexibility index (Phi) is 8.26. The summed E-state index contributed by atoms with van der Waals surface area (Å²) in [5.41, 5.74) is 15.9. The van der Waals surface area contributed by atoms with Gasteiger partial charge in [0.2, 0.25) is 0 Å². The third-order valence-corrected chi connectivity index (χ3v) is 14.7. The van der Waals surface area contributed by atoms with Gasteiger partial charge in [0.05, 0.1) is 34.1 Å². The Bertz CT molecular complexity index is 3450. The standard InChI is InChI=1S/C62H46N4/c1-61(2)49-21-9-13-25-53(49)65(54-26-14-10-22-50(54)61)41-29-31-45-47(37-41)57(59-43-19-7-5-17-39(43)33-35-63-59)46-32-30-42(38-48(46)58(45)60-44-20-8-6-18-40(44)34-36-64-60)66-55-27-15-11-23-51(55)62(3,4)52-24-12-16-28-56(52)66/h5-38H,1-4H3. The average molecular weight is 847 g/mol. The van der Waals surface area contributed by atoms with Crippen molar-refractivity contribution >= 4 is 77.2 Å². The van der Waals surface area contributed by atoms with Crippen LogP contribution in [0.25, 0.3) is 65.6 Å². The molecule has 0 amide bonds. The van der Waals surface area contributed by atoms with Crippen LogP contribution in [0.4, 0.5) is 34.1 Å². The Labute approximate surface area is 385 Å². The molecule has 2 aliphatic heterocycles. The summed E-state index contributed by atoms with van der Waals surface area (Å²) in [5.74, 6) is 0. The molecule has 9 aromatic carbocycles. The molecule has 4 heterocycles. The highest BCUT2D eigenvalue weighted by Gasteiger charge is 2.38. The SMILES string of the molecule is CC1(C)c2ccccc2N(c2ccc3c(-c4nccc5ccccc45)c4cc(N5c6ccccc6C(C)(C)c6ccccc65)ccc4c(-c4nccc5ccccc45)c3c2)c2ccccc21. The maximum absolute atomic E-state index is 5.31. The Morgan fingerprint density at radius 3 is 1.03 bits per heavy atom. The third kappa shape index (κ3) is 5.45. The lowest BCUT2D eigenvalue weighted by Crippen LogP contribution is -2.30. The zero-order valence-electron chi connectivity index (χ0n) is 37.4. The molecule has 0 unspecified atom stereocenters. The molecule has 0 fully saturated rings. The summed E-state index contributed by atoms with van der Waals surface area (Å²) in [5, 5.41) is 9.03. The van der Waals surface area contributed by atoms with E-state index in [0.29, 0.717) is 0 Å². The van der Waals surface area contributed by atoms with Gasteiger partial charge in [-0.15, -0.1) is 0 Å². The molecule has 11 aromatic rings. The maximum atomic E-state index is 5.31. The molecule has 0 saturated heterocycles. The normalized spacial score (nSPS) is 14.5. The van der Waals surface area contributed by atoms with E-state index in [-0.39, 0.29) is 10.8 Å². The Morgan fingerprint density at radius 1 is 0.318 bits per heavy atom. The highest BCUT2D eigenvalue weighted by molar-refractivity contribution is 6.25. The van der Waals surface area contributed by atoms with E-state index in [4.69, 9.17) is 9.97 Å². The molecule has 0 spiro atoms. The Balaban J connectivity index is 1.18. The maximum Gasteiger partial charge on any atom is 0.0792 e. The van der Waals surface area contributed by atoms with E-state index in [2.05, 4.69) is 232 Å². The minimum absolute atomic E-state index is 0.176. The second kappa shape index (κ2) is 14.2. The summed E-state index contributed by atoms with van der Waals surface area (Å²) in [7, 11) is 0. The first-order valence-corrected chi connectivity index (χ1v) is 23.0. The molecule has 0 radical (unpaired) electrons. The van der Waals surface area contributed by atoms with E-state index >= 15 is 0 Å². The zero-order valence-corrected chi connectivity index (χ0v) is 37.4. The van der Waals surface area contributed by atoms with E-state index in [9.17, 15) is 0 Å². The molecule has 0 aliphatic carbocycles. The number of nitrogens with zero attached hydrogens (tertiary/aromatic N) is 4. The van der Waals surface area contributed by atoms with E-state index in [1.807, 2.05) is 12.4 Å². The van der Waals surface area contributed by atoms with Crippen LogP contribution in [0.15, 0.2) is 207 Å². The number of hydrogen-bond donors (Lipinski definition) is 0. The van der Waals surface area contributed by atoms with Crippen LogP contribution in [0.5, 0.6) is 0 Å². The van der Waals surface area contributed by atoms with Crippen molar-refractivity contribution < 1.29 is 0 Å². The van der Waals surface area contributed by atoms with Crippen LogP contribution in [-0.2, 0) is 10.8 Å². The van der Waals surface area contributed by atoms with E-state index in [1.54, 1.807) is 0 Å². The Morgan fingerprint density at radius 2 is 0.652 bits per heavy atom. The molecule has 4 heteroatoms. The number of fused-ring (bicyclic) bond motifs is 8. The van der Waals surface area contributed by atoms with Crippen molar-refractivity contribution in [2.45, 2.75) is 38.5 Å². The molecule has 0 bridgehead atoms. The minimum atomic E-state index is -0.176. The van der Waals surface area contributed by atoms with Gasteiger partial charge in [0, 0.05) is 56.5 Å². The topological polar surface area (TPSA) is 32.3 Å². The fourth-order valence-electron chi connectivity index (χ4n) is 11.5. The predicted molar refractivity (Wildman–Crippen MR) is 277 cm³/mol. The summed E-state index contributed by atoms with van der Waals surface area (Å²) >= 11 is 0. The van der Waals surface area contributed by atoms with Gasteiger partial charge in [0.25, 0.3) is 0 Å². The van der Waals surface area contributed by atoms with Gasteiger partial charge in [-0.3, -0.25) is 9.97 Å². The van der Waals surface area contributed by atoms with E-state index in [1.165, 1.54) is 45.0 Å². The molecule has 314 valence electrons. The number of pyridine rings is 2. The summed E-state index contributed by atoms with van der Waals surface area (Å²) in [6.45, 7) is 9.38. The molecule has 0 N–H and O–H groups in total. The average Bonchev–Trinajstić information content (AvgIpc) is 3.36. The third-order valence-electron chi connectivity index (χ3n) is 14.7. The fraction of sp³-hybridized carbons (Fsp3) is 0.0968. The van der Waals surface area contributed by atoms with Gasteiger partial charge in [-0.05, 0) is 115 Å². The van der Waals surface area contributed by atoms with Crippen LogP contribution < -0.4 is 9.80 Å². The summed E-state index contributed by atoms with van der Waals surface area (Å²) in [6, 6.07) is 71.3. The van der Waals surface area contributed by atoms with Crippen molar-refractivity contribution in [3.63, 3.8) is 0 Å². The molecule has 2 aromatic heterocycles. The van der Waals surface area contributed by atoms with Crippen molar-refractivity contribution in [1.29, 1.82) is 0 Å². The quantitative estimate of drug-likeness (QED) is 0.165. The van der Waals surface area contributed by atoms with Crippen LogP contribution in [0.1, 0.15) is 49.9 Å². The summed E-state index contributed by atoms with van der Waals surface area (Å²) in [6.07, 6.45) is 3.94. The van der Waals surface area contributed by atoms with Crippen LogP contribution in [-0.4, -0.2) is 9.97 Å². The molecular weight excluding hydrogens is 801 g/mol. The van der Waals surface area contributed by atoms with Gasteiger partial charge in [0.1, 0.15) is 0 Å². The lowest BCUT2D eigenvalue weighted by Gasteiger charge is -2.42. The van der Waals surface area contributed by atoms with Gasteiger partial charge in [-0.2, -0.15) is 0 Å². The van der Waals surface area contributed by atoms with Crippen molar-refractivity contribution in [1.82, 2.24) is 9.97 Å². The number of para-hydroxylation sites is 4. The predicted octanol–water partition coefficient (Wildman–Crippen LogP) is 16.6. The Hall–Kier alpha value is -8.08. The second-order valence-electron chi connectivity index (χ2n) is 19.0. The largest absolute Gasteiger partial charge is 0.310 e. The molecule has 0 atom stereocenters. The van der Waals surface area contributed by atoms with E-state index < -0.39 is 0 Å². The van der Waals surface area contributed by atoms with Crippen molar-refractivity contribution in [3.05, 3.63) is 229 Å². The smallest absolute Gasteiger partial charge is 0.0792 e. The van der Waals surface area contributed by atoms with Crippen molar-refractivity contribution in [3.8, 4) is 22.5 Å². The molecule has 4 nitrogen and oxygen atoms in total. The highest BCUT2D eigenvalue weighted by atomic mass is 15.2. The summed E-state index contributed by atoms with van der Waals surface area (Å²) in [4.78, 5) is 15.5. The summed E-state index contributed by atoms with van der Waals surface area (Å²) < 4.78 is 0. The van der Waals surface area contributed by atoms with Gasteiger partial charge in [0.15, 0.2) is 0 Å². The number of benzene rings is 9. The number of hydrogen-bond acceptors (Lipinski definition) is 4. The fourth-order valence-corrected chi connectivity index (χ4v) is 11.5.